The third-order valence-electron chi connectivity index (χ3n) is 3.11. The van der Waals surface area contributed by atoms with E-state index < -0.39 is 0 Å². The predicted molar refractivity (Wildman–Crippen MR) is 70.8 cm³/mol. The van der Waals surface area contributed by atoms with Gasteiger partial charge in [0.15, 0.2) is 0 Å². The first kappa shape index (κ1) is 15.9. The summed E-state index contributed by atoms with van der Waals surface area (Å²) in [7, 11) is 2.18. The summed E-state index contributed by atoms with van der Waals surface area (Å²) in [6.45, 7) is 9.24. The topological polar surface area (TPSA) is 35.5 Å². The summed E-state index contributed by atoms with van der Waals surface area (Å²) in [5.74, 6) is 0. The van der Waals surface area contributed by atoms with Crippen molar-refractivity contribution in [2.75, 3.05) is 26.7 Å². The Balaban J connectivity index is 3.26. The molecule has 1 unspecified atom stereocenters. The number of unbranched alkanes of at least 4 members (excludes halogenated alkanes) is 1. The zero-order chi connectivity index (χ0) is 12.4. The van der Waals surface area contributed by atoms with Crippen LogP contribution in [0.2, 0.25) is 0 Å². The summed E-state index contributed by atoms with van der Waals surface area (Å²) in [5.41, 5.74) is 0. The van der Waals surface area contributed by atoms with Crippen LogP contribution in [0.1, 0.15) is 46.5 Å². The minimum absolute atomic E-state index is 0.311. The lowest BCUT2D eigenvalue weighted by Gasteiger charge is -2.21. The van der Waals surface area contributed by atoms with Crippen molar-refractivity contribution in [3.8, 4) is 0 Å². The van der Waals surface area contributed by atoms with E-state index in [1.54, 1.807) is 0 Å². The van der Waals surface area contributed by atoms with Crippen molar-refractivity contribution in [2.45, 2.75) is 58.5 Å². The van der Waals surface area contributed by atoms with Crippen molar-refractivity contribution in [1.29, 1.82) is 0 Å². The van der Waals surface area contributed by atoms with Gasteiger partial charge in [-0.1, -0.05) is 0 Å². The second-order valence-corrected chi connectivity index (χ2v) is 5.00. The summed E-state index contributed by atoms with van der Waals surface area (Å²) in [5, 5.41) is 12.2. The SMILES string of the molecule is CC(CCCO)NCCCCN(C)C(C)C. The molecular formula is C13H30N2O. The van der Waals surface area contributed by atoms with Crippen LogP contribution in [0.3, 0.4) is 0 Å². The fourth-order valence-electron chi connectivity index (χ4n) is 1.59. The zero-order valence-corrected chi connectivity index (χ0v) is 11.5. The van der Waals surface area contributed by atoms with E-state index in [0.717, 1.165) is 19.4 Å². The third kappa shape index (κ3) is 9.13. The average Bonchev–Trinajstić information content (AvgIpc) is 2.25. The summed E-state index contributed by atoms with van der Waals surface area (Å²) in [6, 6.07) is 1.19. The fraction of sp³-hybridized carbons (Fsp3) is 1.00. The van der Waals surface area contributed by atoms with Gasteiger partial charge in [-0.3, -0.25) is 0 Å². The largest absolute Gasteiger partial charge is 0.396 e. The molecule has 0 fully saturated rings. The van der Waals surface area contributed by atoms with Gasteiger partial charge in [0.2, 0.25) is 0 Å². The van der Waals surface area contributed by atoms with Crippen LogP contribution in [0, 0.1) is 0 Å². The number of nitrogens with zero attached hydrogens (tertiary/aromatic N) is 1. The summed E-state index contributed by atoms with van der Waals surface area (Å²) in [4.78, 5) is 2.38. The summed E-state index contributed by atoms with van der Waals surface area (Å²) >= 11 is 0. The van der Waals surface area contributed by atoms with E-state index >= 15 is 0 Å². The minimum Gasteiger partial charge on any atom is -0.396 e. The van der Waals surface area contributed by atoms with Gasteiger partial charge in [0.25, 0.3) is 0 Å². The molecule has 0 saturated heterocycles. The Labute approximate surface area is 101 Å². The van der Waals surface area contributed by atoms with Gasteiger partial charge in [-0.15, -0.1) is 0 Å². The van der Waals surface area contributed by atoms with Gasteiger partial charge in [0.1, 0.15) is 0 Å². The van der Waals surface area contributed by atoms with Gasteiger partial charge in [0, 0.05) is 18.7 Å². The molecule has 16 heavy (non-hydrogen) atoms. The molecule has 0 bridgehead atoms. The van der Waals surface area contributed by atoms with Crippen molar-refractivity contribution >= 4 is 0 Å². The predicted octanol–water partition coefficient (Wildman–Crippen LogP) is 1.86. The highest BCUT2D eigenvalue weighted by Crippen LogP contribution is 1.99. The smallest absolute Gasteiger partial charge is 0.0431 e. The van der Waals surface area contributed by atoms with Crippen LogP contribution in [0.5, 0.6) is 0 Å². The van der Waals surface area contributed by atoms with Crippen LogP contribution in [0.15, 0.2) is 0 Å². The van der Waals surface area contributed by atoms with Crippen molar-refractivity contribution in [1.82, 2.24) is 10.2 Å². The molecule has 3 nitrogen and oxygen atoms in total. The molecular weight excluding hydrogens is 200 g/mol. The third-order valence-corrected chi connectivity index (χ3v) is 3.11. The standard InChI is InChI=1S/C13H30N2O/c1-12(2)15(4)10-6-5-9-14-13(3)8-7-11-16/h12-14,16H,5-11H2,1-4H3. The highest BCUT2D eigenvalue weighted by Gasteiger charge is 2.03. The van der Waals surface area contributed by atoms with Gasteiger partial charge in [0.05, 0.1) is 0 Å². The maximum Gasteiger partial charge on any atom is 0.0431 e. The first-order chi connectivity index (χ1) is 7.57. The number of nitrogens with one attached hydrogen (secondary N) is 1. The van der Waals surface area contributed by atoms with Crippen molar-refractivity contribution in [2.24, 2.45) is 0 Å². The molecule has 0 aliphatic rings. The zero-order valence-electron chi connectivity index (χ0n) is 11.5. The molecule has 0 saturated carbocycles. The van der Waals surface area contributed by atoms with E-state index in [2.05, 4.69) is 38.0 Å². The van der Waals surface area contributed by atoms with Crippen molar-refractivity contribution < 1.29 is 5.11 Å². The Morgan fingerprint density at radius 3 is 2.38 bits per heavy atom. The van der Waals surface area contributed by atoms with Crippen LogP contribution in [-0.2, 0) is 0 Å². The molecule has 0 spiro atoms. The fourth-order valence-corrected chi connectivity index (χ4v) is 1.59. The Morgan fingerprint density at radius 2 is 1.81 bits per heavy atom. The summed E-state index contributed by atoms with van der Waals surface area (Å²) in [6.07, 6.45) is 4.47. The molecule has 0 radical (unpaired) electrons. The molecule has 0 aromatic heterocycles. The Morgan fingerprint density at radius 1 is 1.12 bits per heavy atom. The molecule has 0 aliphatic heterocycles. The van der Waals surface area contributed by atoms with Crippen molar-refractivity contribution in [3.63, 3.8) is 0 Å². The molecule has 0 aromatic carbocycles. The second kappa shape index (κ2) is 10.1. The van der Waals surface area contributed by atoms with E-state index in [1.165, 1.54) is 19.4 Å². The van der Waals surface area contributed by atoms with Gasteiger partial charge in [-0.05, 0) is 66.6 Å². The maximum absolute atomic E-state index is 8.70. The lowest BCUT2D eigenvalue weighted by molar-refractivity contribution is 0.265. The molecule has 0 heterocycles. The Hall–Kier alpha value is -0.120. The number of aliphatic hydroxyl groups excluding tert-OH is 1. The normalized spacial score (nSPS) is 13.7. The number of rotatable bonds is 10. The van der Waals surface area contributed by atoms with E-state index in [-0.39, 0.29) is 0 Å². The Bertz CT molecular complexity index is 151. The Kier molecular flexibility index (Phi) is 9.99. The van der Waals surface area contributed by atoms with Crippen LogP contribution < -0.4 is 5.32 Å². The molecule has 2 N–H and O–H groups in total. The van der Waals surface area contributed by atoms with E-state index in [1.807, 2.05) is 0 Å². The van der Waals surface area contributed by atoms with E-state index in [4.69, 9.17) is 5.11 Å². The van der Waals surface area contributed by atoms with E-state index in [0.29, 0.717) is 18.7 Å². The highest BCUT2D eigenvalue weighted by atomic mass is 16.2. The molecule has 0 aliphatic carbocycles. The number of hydrogen-bond acceptors (Lipinski definition) is 3. The number of aliphatic hydroxyl groups is 1. The highest BCUT2D eigenvalue weighted by molar-refractivity contribution is 4.62. The molecule has 3 heteroatoms. The van der Waals surface area contributed by atoms with Gasteiger partial charge >= 0.3 is 0 Å². The van der Waals surface area contributed by atoms with Crippen molar-refractivity contribution in [3.05, 3.63) is 0 Å². The van der Waals surface area contributed by atoms with Crippen LogP contribution >= 0.6 is 0 Å². The summed E-state index contributed by atoms with van der Waals surface area (Å²) < 4.78 is 0. The molecule has 0 aromatic rings. The molecule has 1 atom stereocenters. The van der Waals surface area contributed by atoms with Gasteiger partial charge in [-0.2, -0.15) is 0 Å². The first-order valence-corrected chi connectivity index (χ1v) is 6.62. The van der Waals surface area contributed by atoms with Crippen LogP contribution in [0.25, 0.3) is 0 Å². The maximum atomic E-state index is 8.70. The van der Waals surface area contributed by atoms with Crippen LogP contribution in [-0.4, -0.2) is 48.8 Å². The van der Waals surface area contributed by atoms with Crippen LogP contribution in [0.4, 0.5) is 0 Å². The quantitative estimate of drug-likeness (QED) is 0.562. The van der Waals surface area contributed by atoms with E-state index in [9.17, 15) is 0 Å². The minimum atomic E-state index is 0.311. The molecule has 0 rings (SSSR count). The molecule has 98 valence electrons. The lowest BCUT2D eigenvalue weighted by Crippen LogP contribution is -2.29. The monoisotopic (exact) mass is 230 g/mol. The first-order valence-electron chi connectivity index (χ1n) is 6.62. The lowest BCUT2D eigenvalue weighted by atomic mass is 10.2. The number of hydrogen-bond donors (Lipinski definition) is 2. The second-order valence-electron chi connectivity index (χ2n) is 5.00. The average molecular weight is 230 g/mol. The van der Waals surface area contributed by atoms with Gasteiger partial charge in [-0.25, -0.2) is 0 Å². The van der Waals surface area contributed by atoms with Gasteiger partial charge < -0.3 is 15.3 Å². The molecule has 0 amide bonds.